The van der Waals surface area contributed by atoms with Crippen molar-refractivity contribution in [2.24, 2.45) is 14.1 Å². The lowest BCUT2D eigenvalue weighted by molar-refractivity contribution is 0.260. The molecule has 0 bridgehead atoms. The number of likely N-dealkylation sites (tertiary alicyclic amines) is 1. The van der Waals surface area contributed by atoms with Gasteiger partial charge in [0.05, 0.1) is 11.0 Å². The standard InChI is InChI=1S/C17H26N4O.2ClH/c1-4-21-9-5-6-14(21)12-18-11-13-7-8-15-16(10-13)20(3)17(22)19(15)2;;/h7-8,10,14,18H,4-6,9,11-12H2,1-3H3;2*1H. The van der Waals surface area contributed by atoms with E-state index in [-0.39, 0.29) is 30.5 Å². The lowest BCUT2D eigenvalue weighted by Crippen LogP contribution is -2.37. The molecule has 1 fully saturated rings. The first-order chi connectivity index (χ1) is 10.6. The number of nitrogens with zero attached hydrogens (tertiary/aromatic N) is 3. The average Bonchev–Trinajstić information content (AvgIpc) is 3.07. The average molecular weight is 375 g/mol. The maximum Gasteiger partial charge on any atom is 0.328 e. The molecular weight excluding hydrogens is 347 g/mol. The van der Waals surface area contributed by atoms with Crippen LogP contribution in [0, 0.1) is 0 Å². The molecule has 2 aromatic rings. The van der Waals surface area contributed by atoms with Crippen molar-refractivity contribution >= 4 is 35.8 Å². The van der Waals surface area contributed by atoms with Gasteiger partial charge in [0.1, 0.15) is 0 Å². The number of benzene rings is 1. The van der Waals surface area contributed by atoms with E-state index in [0.29, 0.717) is 6.04 Å². The van der Waals surface area contributed by atoms with Gasteiger partial charge >= 0.3 is 5.69 Å². The molecule has 5 nitrogen and oxygen atoms in total. The van der Waals surface area contributed by atoms with E-state index in [4.69, 9.17) is 0 Å². The van der Waals surface area contributed by atoms with Crippen molar-refractivity contribution in [3.8, 4) is 0 Å². The van der Waals surface area contributed by atoms with E-state index in [9.17, 15) is 4.79 Å². The molecule has 3 rings (SSSR count). The number of hydrogen-bond acceptors (Lipinski definition) is 3. The van der Waals surface area contributed by atoms with Crippen LogP contribution in [0.25, 0.3) is 11.0 Å². The lowest BCUT2D eigenvalue weighted by Gasteiger charge is -2.23. The number of hydrogen-bond donors (Lipinski definition) is 1. The summed E-state index contributed by atoms with van der Waals surface area (Å²) in [7, 11) is 3.65. The molecule has 0 spiro atoms. The molecule has 1 N–H and O–H groups in total. The molecule has 1 saturated heterocycles. The van der Waals surface area contributed by atoms with Crippen molar-refractivity contribution in [3.05, 3.63) is 34.2 Å². The van der Waals surface area contributed by atoms with Crippen LogP contribution in [0.15, 0.2) is 23.0 Å². The zero-order chi connectivity index (χ0) is 15.7. The van der Waals surface area contributed by atoms with E-state index in [1.165, 1.54) is 24.9 Å². The Bertz CT molecular complexity index is 725. The summed E-state index contributed by atoms with van der Waals surface area (Å²) in [5.74, 6) is 0. The summed E-state index contributed by atoms with van der Waals surface area (Å²) in [5, 5.41) is 3.58. The van der Waals surface area contributed by atoms with Crippen LogP contribution in [-0.2, 0) is 20.6 Å². The van der Waals surface area contributed by atoms with Gasteiger partial charge < -0.3 is 5.32 Å². The van der Waals surface area contributed by atoms with Crippen molar-refractivity contribution in [2.75, 3.05) is 19.6 Å². The van der Waals surface area contributed by atoms with E-state index in [0.717, 1.165) is 30.7 Å². The molecule has 0 amide bonds. The van der Waals surface area contributed by atoms with Crippen molar-refractivity contribution in [3.63, 3.8) is 0 Å². The maximum atomic E-state index is 12.0. The van der Waals surface area contributed by atoms with Gasteiger partial charge in [-0.3, -0.25) is 14.0 Å². The fourth-order valence-corrected chi connectivity index (χ4v) is 3.59. The number of likely N-dealkylation sites (N-methyl/N-ethyl adjacent to an activating group) is 1. The maximum absolute atomic E-state index is 12.0. The van der Waals surface area contributed by atoms with Gasteiger partial charge in [-0.15, -0.1) is 24.8 Å². The first-order valence-corrected chi connectivity index (χ1v) is 8.21. The zero-order valence-electron chi connectivity index (χ0n) is 14.6. The Labute approximate surface area is 155 Å². The van der Waals surface area contributed by atoms with Crippen LogP contribution in [0.3, 0.4) is 0 Å². The summed E-state index contributed by atoms with van der Waals surface area (Å²) < 4.78 is 3.42. The molecule has 0 radical (unpaired) electrons. The Kier molecular flexibility index (Phi) is 7.80. The summed E-state index contributed by atoms with van der Waals surface area (Å²) in [6.45, 7) is 6.51. The van der Waals surface area contributed by atoms with Crippen LogP contribution in [0.2, 0.25) is 0 Å². The van der Waals surface area contributed by atoms with Crippen LogP contribution in [-0.4, -0.2) is 39.7 Å². The van der Waals surface area contributed by atoms with Crippen LogP contribution >= 0.6 is 24.8 Å². The van der Waals surface area contributed by atoms with Gasteiger partial charge in [0.15, 0.2) is 0 Å². The zero-order valence-corrected chi connectivity index (χ0v) is 16.3. The molecule has 1 aliphatic rings. The Morgan fingerprint density at radius 1 is 1.17 bits per heavy atom. The van der Waals surface area contributed by atoms with Crippen LogP contribution in [0.4, 0.5) is 0 Å². The fraction of sp³-hybridized carbons (Fsp3) is 0.588. The number of aryl methyl sites for hydroxylation is 2. The van der Waals surface area contributed by atoms with E-state index < -0.39 is 0 Å². The van der Waals surface area contributed by atoms with E-state index in [1.807, 2.05) is 20.2 Å². The highest BCUT2D eigenvalue weighted by molar-refractivity contribution is 5.85. The highest BCUT2D eigenvalue weighted by Crippen LogP contribution is 2.16. The predicted molar refractivity (Wildman–Crippen MR) is 105 cm³/mol. The molecule has 7 heteroatoms. The SMILES string of the molecule is CCN1CCCC1CNCc1ccc2c(c1)n(C)c(=O)n2C.Cl.Cl. The second-order valence-electron chi connectivity index (χ2n) is 6.28. The molecule has 0 saturated carbocycles. The molecule has 0 aliphatic carbocycles. The Morgan fingerprint density at radius 2 is 1.88 bits per heavy atom. The Balaban J connectivity index is 0.00000144. The van der Waals surface area contributed by atoms with Gasteiger partial charge in [0, 0.05) is 33.2 Å². The van der Waals surface area contributed by atoms with E-state index >= 15 is 0 Å². The first-order valence-electron chi connectivity index (χ1n) is 8.21. The second kappa shape index (κ2) is 8.90. The van der Waals surface area contributed by atoms with Crippen molar-refractivity contribution < 1.29 is 0 Å². The minimum Gasteiger partial charge on any atom is -0.311 e. The summed E-state index contributed by atoms with van der Waals surface area (Å²) in [6, 6.07) is 6.95. The summed E-state index contributed by atoms with van der Waals surface area (Å²) in [5.41, 5.74) is 3.26. The molecule has 136 valence electrons. The van der Waals surface area contributed by atoms with Crippen LogP contribution in [0.5, 0.6) is 0 Å². The number of halogens is 2. The fourth-order valence-electron chi connectivity index (χ4n) is 3.59. The molecule has 24 heavy (non-hydrogen) atoms. The minimum absolute atomic E-state index is 0. The monoisotopic (exact) mass is 374 g/mol. The van der Waals surface area contributed by atoms with Gasteiger partial charge in [0.25, 0.3) is 0 Å². The van der Waals surface area contributed by atoms with Gasteiger partial charge in [0.2, 0.25) is 0 Å². The molecule has 1 aliphatic heterocycles. The second-order valence-corrected chi connectivity index (χ2v) is 6.28. The number of imidazole rings is 1. The third kappa shape index (κ3) is 3.97. The summed E-state index contributed by atoms with van der Waals surface area (Å²) in [6.07, 6.45) is 2.62. The van der Waals surface area contributed by atoms with E-state index in [2.05, 4.69) is 29.3 Å². The third-order valence-electron chi connectivity index (χ3n) is 4.95. The smallest absolute Gasteiger partial charge is 0.311 e. The highest BCUT2D eigenvalue weighted by atomic mass is 35.5. The number of rotatable bonds is 5. The highest BCUT2D eigenvalue weighted by Gasteiger charge is 2.22. The topological polar surface area (TPSA) is 42.2 Å². The lowest BCUT2D eigenvalue weighted by atomic mass is 10.1. The van der Waals surface area contributed by atoms with Crippen LogP contribution in [0.1, 0.15) is 25.3 Å². The number of aromatic nitrogens is 2. The van der Waals surface area contributed by atoms with E-state index in [1.54, 1.807) is 9.13 Å². The van der Waals surface area contributed by atoms with Gasteiger partial charge in [-0.25, -0.2) is 4.79 Å². The molecule has 1 unspecified atom stereocenters. The van der Waals surface area contributed by atoms with Crippen molar-refractivity contribution in [1.29, 1.82) is 0 Å². The number of nitrogens with one attached hydrogen (secondary N) is 1. The molecule has 1 aromatic carbocycles. The summed E-state index contributed by atoms with van der Waals surface area (Å²) >= 11 is 0. The summed E-state index contributed by atoms with van der Waals surface area (Å²) in [4.78, 5) is 14.5. The molecule has 2 heterocycles. The van der Waals surface area contributed by atoms with Gasteiger partial charge in [-0.1, -0.05) is 13.0 Å². The Hall–Kier alpha value is -1.01. The number of fused-ring (bicyclic) bond motifs is 1. The van der Waals surface area contributed by atoms with Gasteiger partial charge in [-0.05, 0) is 43.6 Å². The normalized spacial score (nSPS) is 17.7. The van der Waals surface area contributed by atoms with Gasteiger partial charge in [-0.2, -0.15) is 0 Å². The van der Waals surface area contributed by atoms with Crippen molar-refractivity contribution in [2.45, 2.75) is 32.4 Å². The quantitative estimate of drug-likeness (QED) is 0.872. The minimum atomic E-state index is 0. The third-order valence-corrected chi connectivity index (χ3v) is 4.95. The van der Waals surface area contributed by atoms with Crippen molar-refractivity contribution in [1.82, 2.24) is 19.4 Å². The molecule has 1 aromatic heterocycles. The largest absolute Gasteiger partial charge is 0.328 e. The molecule has 1 atom stereocenters. The Morgan fingerprint density at radius 3 is 2.58 bits per heavy atom. The molecular formula is C17H28Cl2N4O. The predicted octanol–water partition coefficient (Wildman–Crippen LogP) is 2.29. The van der Waals surface area contributed by atoms with Crippen LogP contribution < -0.4 is 11.0 Å². The first kappa shape index (κ1) is 21.0.